The lowest BCUT2D eigenvalue weighted by Gasteiger charge is -2.11. The van der Waals surface area contributed by atoms with E-state index in [0.717, 1.165) is 14.9 Å². The molecule has 0 spiro atoms. The first-order valence-corrected chi connectivity index (χ1v) is 6.74. The van der Waals surface area contributed by atoms with Crippen LogP contribution in [0, 0.1) is 29.1 Å². The van der Waals surface area contributed by atoms with Crippen LogP contribution in [-0.4, -0.2) is 6.54 Å². The minimum Gasteiger partial charge on any atom is -0.355 e. The van der Waals surface area contributed by atoms with Crippen LogP contribution in [0.1, 0.15) is 11.6 Å². The summed E-state index contributed by atoms with van der Waals surface area (Å²) in [5.74, 6) is -9.60. The lowest BCUT2D eigenvalue weighted by atomic mass is 10.1. The minimum absolute atomic E-state index is 0.189. The first-order valence-electron chi connectivity index (χ1n) is 5.95. The van der Waals surface area contributed by atoms with E-state index < -0.39 is 40.8 Å². The summed E-state index contributed by atoms with van der Waals surface area (Å²) in [6, 6.07) is 6.55. The standard InChI is InChI=1S/C14H7BrF5N/c15-7-3-1-2-6(4-7)8-5-21(8)14-12(19)10(17)9(16)11(18)13(14)20/h1-4,8H,5H2/t8-,21?/m1/s1. The number of hydrogen-bond donors (Lipinski definition) is 0. The molecule has 110 valence electrons. The molecule has 2 aromatic carbocycles. The van der Waals surface area contributed by atoms with Gasteiger partial charge >= 0.3 is 0 Å². The van der Waals surface area contributed by atoms with Crippen LogP contribution in [0.3, 0.4) is 0 Å². The summed E-state index contributed by atoms with van der Waals surface area (Å²) < 4.78 is 67.5. The van der Waals surface area contributed by atoms with Crippen molar-refractivity contribution in [2.75, 3.05) is 11.4 Å². The fourth-order valence-electron chi connectivity index (χ4n) is 2.23. The van der Waals surface area contributed by atoms with Crippen molar-refractivity contribution >= 4 is 21.6 Å². The first-order chi connectivity index (χ1) is 9.91. The number of halogens is 6. The molecule has 1 atom stereocenters. The van der Waals surface area contributed by atoms with Crippen molar-refractivity contribution < 1.29 is 22.0 Å². The van der Waals surface area contributed by atoms with E-state index in [4.69, 9.17) is 0 Å². The van der Waals surface area contributed by atoms with Gasteiger partial charge in [0.15, 0.2) is 23.3 Å². The zero-order chi connectivity index (χ0) is 15.3. The van der Waals surface area contributed by atoms with Crippen LogP contribution in [0.15, 0.2) is 28.7 Å². The molecule has 1 saturated heterocycles. The first kappa shape index (κ1) is 14.3. The summed E-state index contributed by atoms with van der Waals surface area (Å²) in [6.45, 7) is 0.189. The van der Waals surface area contributed by atoms with Gasteiger partial charge in [0.05, 0.1) is 6.04 Å². The Balaban J connectivity index is 2.01. The highest BCUT2D eigenvalue weighted by molar-refractivity contribution is 9.10. The van der Waals surface area contributed by atoms with Gasteiger partial charge in [0.2, 0.25) is 5.82 Å². The van der Waals surface area contributed by atoms with Gasteiger partial charge in [-0.15, -0.1) is 0 Å². The fraction of sp³-hybridized carbons (Fsp3) is 0.143. The van der Waals surface area contributed by atoms with Crippen LogP contribution < -0.4 is 4.90 Å². The van der Waals surface area contributed by atoms with Gasteiger partial charge in [-0.2, -0.15) is 0 Å². The third-order valence-corrected chi connectivity index (χ3v) is 3.81. The molecule has 1 fully saturated rings. The van der Waals surface area contributed by atoms with Crippen molar-refractivity contribution in [3.8, 4) is 0 Å². The summed E-state index contributed by atoms with van der Waals surface area (Å²) in [5.41, 5.74) is -0.148. The van der Waals surface area contributed by atoms with Crippen LogP contribution in [0.2, 0.25) is 0 Å². The zero-order valence-electron chi connectivity index (χ0n) is 10.3. The molecule has 0 unspecified atom stereocenters. The van der Waals surface area contributed by atoms with Crippen LogP contribution in [0.4, 0.5) is 27.6 Å². The smallest absolute Gasteiger partial charge is 0.200 e. The molecule has 21 heavy (non-hydrogen) atoms. The molecule has 1 aliphatic rings. The second-order valence-electron chi connectivity index (χ2n) is 4.64. The average molecular weight is 364 g/mol. The van der Waals surface area contributed by atoms with Gasteiger partial charge < -0.3 is 4.90 Å². The number of hydrogen-bond acceptors (Lipinski definition) is 1. The molecule has 1 aliphatic heterocycles. The Labute approximate surface area is 125 Å². The third-order valence-electron chi connectivity index (χ3n) is 3.32. The molecule has 3 rings (SSSR count). The Morgan fingerprint density at radius 1 is 0.905 bits per heavy atom. The SMILES string of the molecule is Fc1c(F)c(F)c(N2C[C@@H]2c2cccc(Br)c2)c(F)c1F. The van der Waals surface area contributed by atoms with Gasteiger partial charge in [0, 0.05) is 11.0 Å². The molecule has 0 radical (unpaired) electrons. The Hall–Kier alpha value is -1.63. The van der Waals surface area contributed by atoms with Crippen LogP contribution in [-0.2, 0) is 0 Å². The predicted molar refractivity (Wildman–Crippen MR) is 70.5 cm³/mol. The van der Waals surface area contributed by atoms with E-state index in [-0.39, 0.29) is 6.54 Å². The van der Waals surface area contributed by atoms with Gasteiger partial charge in [-0.25, -0.2) is 22.0 Å². The Morgan fingerprint density at radius 3 is 2.05 bits per heavy atom. The summed E-state index contributed by atoms with van der Waals surface area (Å²) in [5, 5.41) is 0. The zero-order valence-corrected chi connectivity index (χ0v) is 11.9. The quantitative estimate of drug-likeness (QED) is 0.323. The Kier molecular flexibility index (Phi) is 3.39. The van der Waals surface area contributed by atoms with Crippen LogP contribution >= 0.6 is 15.9 Å². The molecule has 0 saturated carbocycles. The van der Waals surface area contributed by atoms with Crippen LogP contribution in [0.25, 0.3) is 0 Å². The molecular formula is C14H7BrF5N. The molecule has 0 bridgehead atoms. The van der Waals surface area contributed by atoms with Gasteiger partial charge in [0.25, 0.3) is 0 Å². The minimum atomic E-state index is -2.14. The summed E-state index contributed by atoms with van der Waals surface area (Å²) in [4.78, 5) is 1.14. The van der Waals surface area contributed by atoms with E-state index in [0.29, 0.717) is 0 Å². The second kappa shape index (κ2) is 4.98. The normalized spacial score (nSPS) is 17.2. The largest absolute Gasteiger partial charge is 0.355 e. The molecule has 0 N–H and O–H groups in total. The van der Waals surface area contributed by atoms with E-state index in [9.17, 15) is 22.0 Å². The van der Waals surface area contributed by atoms with Gasteiger partial charge in [-0.05, 0) is 17.7 Å². The van der Waals surface area contributed by atoms with Crippen molar-refractivity contribution in [2.45, 2.75) is 6.04 Å². The van der Waals surface area contributed by atoms with E-state index in [1.54, 1.807) is 24.3 Å². The topological polar surface area (TPSA) is 3.01 Å². The highest BCUT2D eigenvalue weighted by Gasteiger charge is 2.42. The van der Waals surface area contributed by atoms with Gasteiger partial charge in [0.1, 0.15) is 5.69 Å². The van der Waals surface area contributed by atoms with E-state index in [2.05, 4.69) is 15.9 Å². The summed E-state index contributed by atoms with van der Waals surface area (Å²) >= 11 is 3.26. The Morgan fingerprint density at radius 2 is 1.48 bits per heavy atom. The highest BCUT2D eigenvalue weighted by Crippen LogP contribution is 2.44. The van der Waals surface area contributed by atoms with Crippen molar-refractivity contribution in [3.05, 3.63) is 63.4 Å². The second-order valence-corrected chi connectivity index (χ2v) is 5.56. The van der Waals surface area contributed by atoms with Crippen molar-refractivity contribution in [1.82, 2.24) is 0 Å². The van der Waals surface area contributed by atoms with Gasteiger partial charge in [-0.1, -0.05) is 28.1 Å². The maximum atomic E-state index is 13.7. The van der Waals surface area contributed by atoms with E-state index in [1.165, 1.54) is 0 Å². The van der Waals surface area contributed by atoms with Crippen molar-refractivity contribution in [3.63, 3.8) is 0 Å². The van der Waals surface area contributed by atoms with Crippen molar-refractivity contribution in [2.24, 2.45) is 0 Å². The maximum absolute atomic E-state index is 13.7. The molecule has 0 aliphatic carbocycles. The number of benzene rings is 2. The molecular weight excluding hydrogens is 357 g/mol. The summed E-state index contributed by atoms with van der Waals surface area (Å²) in [6.07, 6.45) is 0. The number of nitrogens with zero attached hydrogens (tertiary/aromatic N) is 1. The Bertz CT molecular complexity index is 705. The van der Waals surface area contributed by atoms with Crippen molar-refractivity contribution in [1.29, 1.82) is 0 Å². The third kappa shape index (κ3) is 2.29. The lowest BCUT2D eigenvalue weighted by Crippen LogP contribution is -2.08. The molecule has 7 heteroatoms. The summed E-state index contributed by atoms with van der Waals surface area (Å²) in [7, 11) is 0. The van der Waals surface area contributed by atoms with E-state index >= 15 is 0 Å². The van der Waals surface area contributed by atoms with Crippen LogP contribution in [0.5, 0.6) is 0 Å². The number of rotatable bonds is 2. The monoisotopic (exact) mass is 363 g/mol. The molecule has 1 nitrogen and oxygen atoms in total. The van der Waals surface area contributed by atoms with E-state index in [1.807, 2.05) is 0 Å². The highest BCUT2D eigenvalue weighted by atomic mass is 79.9. The average Bonchev–Trinajstić information content (AvgIpc) is 3.23. The van der Waals surface area contributed by atoms with Gasteiger partial charge in [-0.3, -0.25) is 0 Å². The molecule has 0 amide bonds. The fourth-order valence-corrected chi connectivity index (χ4v) is 2.65. The lowest BCUT2D eigenvalue weighted by molar-refractivity contribution is 0.380. The maximum Gasteiger partial charge on any atom is 0.200 e. The molecule has 2 aromatic rings. The predicted octanol–water partition coefficient (Wildman–Crippen LogP) is 4.71. The molecule has 0 aromatic heterocycles. The molecule has 1 heterocycles. The number of anilines is 1.